The number of aliphatic hydroxyl groups excluding tert-OH is 1. The maximum Gasteiger partial charge on any atom is 0.0613 e. The summed E-state index contributed by atoms with van der Waals surface area (Å²) in [5.41, 5.74) is 1.57. The van der Waals surface area contributed by atoms with Crippen molar-refractivity contribution in [1.29, 1.82) is 0 Å². The van der Waals surface area contributed by atoms with Crippen LogP contribution in [0.15, 0.2) is 30.3 Å². The lowest BCUT2D eigenvalue weighted by atomic mass is 9.98. The van der Waals surface area contributed by atoms with Crippen molar-refractivity contribution in [2.45, 2.75) is 50.1 Å². The van der Waals surface area contributed by atoms with Crippen molar-refractivity contribution >= 4 is 0 Å². The van der Waals surface area contributed by atoms with E-state index in [0.717, 1.165) is 18.8 Å². The van der Waals surface area contributed by atoms with Gasteiger partial charge < -0.3 is 10.4 Å². The molecule has 2 heteroatoms. The number of aliphatic hydroxyl groups is 1. The Morgan fingerprint density at radius 1 is 1.17 bits per heavy atom. The van der Waals surface area contributed by atoms with Gasteiger partial charge >= 0.3 is 0 Å². The molecule has 0 heterocycles. The molecule has 18 heavy (non-hydrogen) atoms. The summed E-state index contributed by atoms with van der Waals surface area (Å²) in [6.45, 7) is 0.312. The van der Waals surface area contributed by atoms with Crippen LogP contribution in [0.5, 0.6) is 0 Å². The molecule has 2 nitrogen and oxygen atoms in total. The molecule has 0 saturated heterocycles. The van der Waals surface area contributed by atoms with Crippen molar-refractivity contribution in [3.8, 4) is 0 Å². The Hall–Kier alpha value is -0.860. The Kier molecular flexibility index (Phi) is 3.40. The minimum absolute atomic E-state index is 0.103. The van der Waals surface area contributed by atoms with Gasteiger partial charge in [0.25, 0.3) is 0 Å². The van der Waals surface area contributed by atoms with Gasteiger partial charge in [-0.15, -0.1) is 0 Å². The summed E-state index contributed by atoms with van der Waals surface area (Å²) in [6, 6.07) is 11.4. The molecule has 2 aliphatic carbocycles. The van der Waals surface area contributed by atoms with E-state index in [1.165, 1.54) is 31.2 Å². The first-order chi connectivity index (χ1) is 8.80. The first-order valence-corrected chi connectivity index (χ1v) is 7.22. The number of hydrogen-bond acceptors (Lipinski definition) is 2. The van der Waals surface area contributed by atoms with E-state index in [0.29, 0.717) is 12.6 Å². The van der Waals surface area contributed by atoms with Gasteiger partial charge in [-0.3, -0.25) is 0 Å². The third-order valence-corrected chi connectivity index (χ3v) is 4.57. The highest BCUT2D eigenvalue weighted by molar-refractivity contribution is 5.15. The van der Waals surface area contributed by atoms with Crippen LogP contribution in [0, 0.1) is 5.92 Å². The molecule has 0 unspecified atom stereocenters. The Morgan fingerprint density at radius 3 is 2.61 bits per heavy atom. The summed E-state index contributed by atoms with van der Waals surface area (Å²) < 4.78 is 0. The summed E-state index contributed by atoms with van der Waals surface area (Å²) in [4.78, 5) is 0. The second-order valence-corrected chi connectivity index (χ2v) is 6.15. The van der Waals surface area contributed by atoms with Gasteiger partial charge in [-0.1, -0.05) is 30.3 Å². The Balaban J connectivity index is 1.50. The molecule has 1 aromatic rings. The van der Waals surface area contributed by atoms with Crippen molar-refractivity contribution in [3.63, 3.8) is 0 Å². The molecular formula is C16H23NO. The second kappa shape index (κ2) is 5.02. The standard InChI is InChI=1S/C16H23NO/c18-12-16(8-9-16)17-15-7-6-14(11-15)10-13-4-2-1-3-5-13/h1-5,14-15,17-18H,6-12H2/t14-,15-/m1/s1. The van der Waals surface area contributed by atoms with Crippen molar-refractivity contribution in [2.75, 3.05) is 6.61 Å². The third kappa shape index (κ3) is 2.76. The molecule has 2 aliphatic rings. The highest BCUT2D eigenvalue weighted by atomic mass is 16.3. The van der Waals surface area contributed by atoms with Gasteiger partial charge in [0.05, 0.1) is 6.61 Å². The van der Waals surface area contributed by atoms with E-state index in [1.54, 1.807) is 0 Å². The minimum Gasteiger partial charge on any atom is -0.394 e. The zero-order chi connectivity index (χ0) is 12.4. The van der Waals surface area contributed by atoms with Crippen LogP contribution in [0.1, 0.15) is 37.7 Å². The molecule has 2 N–H and O–H groups in total. The molecule has 2 atom stereocenters. The number of hydrogen-bond donors (Lipinski definition) is 2. The lowest BCUT2D eigenvalue weighted by Crippen LogP contribution is -2.41. The molecule has 0 radical (unpaired) electrons. The maximum absolute atomic E-state index is 9.36. The van der Waals surface area contributed by atoms with Gasteiger partial charge in [0.15, 0.2) is 0 Å². The SMILES string of the molecule is OCC1(N[C@@H]2CC[C@H](Cc3ccccc3)C2)CC1. The van der Waals surface area contributed by atoms with E-state index in [-0.39, 0.29) is 5.54 Å². The van der Waals surface area contributed by atoms with Gasteiger partial charge in [0.2, 0.25) is 0 Å². The van der Waals surface area contributed by atoms with E-state index >= 15 is 0 Å². The number of benzene rings is 1. The first kappa shape index (κ1) is 12.2. The quantitative estimate of drug-likeness (QED) is 0.835. The van der Waals surface area contributed by atoms with Crippen LogP contribution in [-0.2, 0) is 6.42 Å². The normalized spacial score (nSPS) is 29.4. The smallest absolute Gasteiger partial charge is 0.0613 e. The average Bonchev–Trinajstić information content (AvgIpc) is 3.04. The topological polar surface area (TPSA) is 32.3 Å². The molecule has 0 spiro atoms. The van der Waals surface area contributed by atoms with Crippen LogP contribution in [0.4, 0.5) is 0 Å². The highest BCUT2D eigenvalue weighted by Gasteiger charge is 2.44. The van der Waals surface area contributed by atoms with E-state index < -0.39 is 0 Å². The summed E-state index contributed by atoms with van der Waals surface area (Å²) >= 11 is 0. The summed E-state index contributed by atoms with van der Waals surface area (Å²) in [5, 5.41) is 13.0. The second-order valence-electron chi connectivity index (χ2n) is 6.15. The average molecular weight is 245 g/mol. The fourth-order valence-electron chi connectivity index (χ4n) is 3.27. The lowest BCUT2D eigenvalue weighted by Gasteiger charge is -2.20. The fraction of sp³-hybridized carbons (Fsp3) is 0.625. The summed E-state index contributed by atoms with van der Waals surface area (Å²) in [5.74, 6) is 0.819. The number of rotatable bonds is 5. The van der Waals surface area contributed by atoms with Crippen LogP contribution in [0.3, 0.4) is 0 Å². The zero-order valence-corrected chi connectivity index (χ0v) is 10.9. The lowest BCUT2D eigenvalue weighted by molar-refractivity contribution is 0.217. The van der Waals surface area contributed by atoms with Crippen LogP contribution in [0.25, 0.3) is 0 Å². The molecule has 1 aromatic carbocycles. The molecular weight excluding hydrogens is 222 g/mol. The maximum atomic E-state index is 9.36. The fourth-order valence-corrected chi connectivity index (χ4v) is 3.27. The van der Waals surface area contributed by atoms with Gasteiger partial charge in [-0.05, 0) is 50.0 Å². The highest BCUT2D eigenvalue weighted by Crippen LogP contribution is 2.38. The van der Waals surface area contributed by atoms with Gasteiger partial charge in [0, 0.05) is 11.6 Å². The van der Waals surface area contributed by atoms with Crippen LogP contribution < -0.4 is 5.32 Å². The number of nitrogens with one attached hydrogen (secondary N) is 1. The molecule has 2 fully saturated rings. The first-order valence-electron chi connectivity index (χ1n) is 7.22. The molecule has 0 aromatic heterocycles. The molecule has 0 bridgehead atoms. The van der Waals surface area contributed by atoms with E-state index in [2.05, 4.69) is 35.6 Å². The van der Waals surface area contributed by atoms with Crippen molar-refractivity contribution < 1.29 is 5.11 Å². The predicted molar refractivity (Wildman–Crippen MR) is 73.5 cm³/mol. The molecule has 98 valence electrons. The Labute approximate surface area is 109 Å². The third-order valence-electron chi connectivity index (χ3n) is 4.57. The van der Waals surface area contributed by atoms with Crippen LogP contribution in [-0.4, -0.2) is 23.3 Å². The van der Waals surface area contributed by atoms with Gasteiger partial charge in [0.1, 0.15) is 0 Å². The summed E-state index contributed by atoms with van der Waals surface area (Å²) in [7, 11) is 0. The predicted octanol–water partition coefficient (Wildman–Crippen LogP) is 2.51. The van der Waals surface area contributed by atoms with Crippen molar-refractivity contribution in [3.05, 3.63) is 35.9 Å². The van der Waals surface area contributed by atoms with Gasteiger partial charge in [-0.25, -0.2) is 0 Å². The Bertz CT molecular complexity index is 385. The zero-order valence-electron chi connectivity index (χ0n) is 10.9. The van der Waals surface area contributed by atoms with E-state index in [4.69, 9.17) is 0 Å². The van der Waals surface area contributed by atoms with Crippen LogP contribution in [0.2, 0.25) is 0 Å². The van der Waals surface area contributed by atoms with Gasteiger partial charge in [-0.2, -0.15) is 0 Å². The Morgan fingerprint density at radius 2 is 1.94 bits per heavy atom. The molecule has 2 saturated carbocycles. The molecule has 3 rings (SSSR count). The molecule has 0 aliphatic heterocycles. The van der Waals surface area contributed by atoms with E-state index in [9.17, 15) is 5.11 Å². The van der Waals surface area contributed by atoms with Crippen molar-refractivity contribution in [1.82, 2.24) is 5.32 Å². The summed E-state index contributed by atoms with van der Waals surface area (Å²) in [6.07, 6.45) is 7.40. The van der Waals surface area contributed by atoms with Crippen molar-refractivity contribution in [2.24, 2.45) is 5.92 Å². The van der Waals surface area contributed by atoms with Crippen LogP contribution >= 0.6 is 0 Å². The largest absolute Gasteiger partial charge is 0.394 e. The van der Waals surface area contributed by atoms with E-state index in [1.807, 2.05) is 0 Å². The monoisotopic (exact) mass is 245 g/mol. The minimum atomic E-state index is 0.103. The molecule has 0 amide bonds.